The zero-order valence-corrected chi connectivity index (χ0v) is 12.1. The number of fused-ring (bicyclic) bond motifs is 2. The van der Waals surface area contributed by atoms with Gasteiger partial charge in [0.1, 0.15) is 0 Å². The van der Waals surface area contributed by atoms with Crippen LogP contribution in [0.1, 0.15) is 49.3 Å². The van der Waals surface area contributed by atoms with Gasteiger partial charge in [0.15, 0.2) is 0 Å². The highest BCUT2D eigenvalue weighted by Crippen LogP contribution is 2.34. The third kappa shape index (κ3) is 2.23. The molecule has 1 aliphatic carbocycles. The van der Waals surface area contributed by atoms with Gasteiger partial charge in [0.2, 0.25) is 0 Å². The fourth-order valence-electron chi connectivity index (χ4n) is 4.47. The molecule has 0 aromatic heterocycles. The van der Waals surface area contributed by atoms with Crippen molar-refractivity contribution in [3.05, 3.63) is 29.3 Å². The number of nitrogen functional groups attached to an aromatic ring is 1. The maximum absolute atomic E-state index is 5.89. The summed E-state index contributed by atoms with van der Waals surface area (Å²) in [5, 5.41) is 3.94. The molecular weight excluding hydrogens is 246 g/mol. The lowest BCUT2D eigenvalue weighted by atomic mass is 9.96. The van der Waals surface area contributed by atoms with Crippen LogP contribution >= 0.6 is 0 Å². The minimum absolute atomic E-state index is 0.559. The van der Waals surface area contributed by atoms with Crippen LogP contribution in [0.25, 0.3) is 0 Å². The maximum atomic E-state index is 5.89. The lowest BCUT2D eigenvalue weighted by Gasteiger charge is -2.36. The lowest BCUT2D eigenvalue weighted by molar-refractivity contribution is 0.161. The van der Waals surface area contributed by atoms with Crippen molar-refractivity contribution in [1.29, 1.82) is 0 Å². The molecule has 3 unspecified atom stereocenters. The quantitative estimate of drug-likeness (QED) is 0.812. The SMILES string of the molecule is Nc1ccc2c(c1)CCC2NC1CCN2CCCC2C1. The van der Waals surface area contributed by atoms with E-state index in [4.69, 9.17) is 5.73 Å². The molecule has 0 bridgehead atoms. The molecule has 20 heavy (non-hydrogen) atoms. The molecule has 4 rings (SSSR count). The summed E-state index contributed by atoms with van der Waals surface area (Å²) in [6.45, 7) is 2.63. The van der Waals surface area contributed by atoms with E-state index < -0.39 is 0 Å². The smallest absolute Gasteiger partial charge is 0.0328 e. The van der Waals surface area contributed by atoms with E-state index in [0.29, 0.717) is 12.1 Å². The van der Waals surface area contributed by atoms with Crippen molar-refractivity contribution in [3.8, 4) is 0 Å². The molecule has 3 nitrogen and oxygen atoms in total. The Hall–Kier alpha value is -1.06. The van der Waals surface area contributed by atoms with Crippen LogP contribution in [-0.2, 0) is 6.42 Å². The molecule has 2 heterocycles. The van der Waals surface area contributed by atoms with Gasteiger partial charge in [-0.25, -0.2) is 0 Å². The normalized spacial score (nSPS) is 33.1. The van der Waals surface area contributed by atoms with Gasteiger partial charge in [-0.05, 0) is 74.9 Å². The van der Waals surface area contributed by atoms with Crippen LogP contribution in [0.15, 0.2) is 18.2 Å². The zero-order valence-electron chi connectivity index (χ0n) is 12.1. The van der Waals surface area contributed by atoms with E-state index in [9.17, 15) is 0 Å². The highest BCUT2D eigenvalue weighted by atomic mass is 15.2. The molecule has 3 atom stereocenters. The molecule has 3 N–H and O–H groups in total. The molecule has 0 amide bonds. The molecule has 0 radical (unpaired) electrons. The summed E-state index contributed by atoms with van der Waals surface area (Å²) in [5.74, 6) is 0. The number of piperidine rings is 1. The first-order valence-electron chi connectivity index (χ1n) is 8.18. The molecule has 2 aliphatic heterocycles. The van der Waals surface area contributed by atoms with Crippen LogP contribution in [0.5, 0.6) is 0 Å². The fourth-order valence-corrected chi connectivity index (χ4v) is 4.47. The van der Waals surface area contributed by atoms with Crippen LogP contribution in [0, 0.1) is 0 Å². The number of hydrogen-bond acceptors (Lipinski definition) is 3. The van der Waals surface area contributed by atoms with Gasteiger partial charge >= 0.3 is 0 Å². The van der Waals surface area contributed by atoms with E-state index in [1.165, 1.54) is 62.7 Å². The topological polar surface area (TPSA) is 41.3 Å². The van der Waals surface area contributed by atoms with Gasteiger partial charge in [0.05, 0.1) is 0 Å². The summed E-state index contributed by atoms with van der Waals surface area (Å²) < 4.78 is 0. The summed E-state index contributed by atoms with van der Waals surface area (Å²) in [6, 6.07) is 8.58. The van der Waals surface area contributed by atoms with E-state index in [1.807, 2.05) is 0 Å². The Bertz CT molecular complexity index is 499. The summed E-state index contributed by atoms with van der Waals surface area (Å²) in [5.41, 5.74) is 9.75. The molecule has 2 saturated heterocycles. The summed E-state index contributed by atoms with van der Waals surface area (Å²) in [7, 11) is 0. The van der Waals surface area contributed by atoms with Crippen molar-refractivity contribution in [3.63, 3.8) is 0 Å². The second-order valence-corrected chi connectivity index (χ2v) is 6.77. The summed E-state index contributed by atoms with van der Waals surface area (Å²) in [6.07, 6.45) is 7.90. The molecule has 0 saturated carbocycles. The Morgan fingerprint density at radius 1 is 1.15 bits per heavy atom. The van der Waals surface area contributed by atoms with Gasteiger partial charge in [-0.3, -0.25) is 0 Å². The number of rotatable bonds is 2. The first-order chi connectivity index (χ1) is 9.79. The molecule has 0 spiro atoms. The second-order valence-electron chi connectivity index (χ2n) is 6.77. The average Bonchev–Trinajstić information content (AvgIpc) is 3.05. The largest absolute Gasteiger partial charge is 0.399 e. The van der Waals surface area contributed by atoms with Gasteiger partial charge < -0.3 is 16.0 Å². The molecule has 108 valence electrons. The Morgan fingerprint density at radius 2 is 2.10 bits per heavy atom. The number of benzene rings is 1. The fraction of sp³-hybridized carbons (Fsp3) is 0.647. The van der Waals surface area contributed by atoms with Crippen molar-refractivity contribution in [1.82, 2.24) is 10.2 Å². The van der Waals surface area contributed by atoms with Crippen LogP contribution < -0.4 is 11.1 Å². The van der Waals surface area contributed by atoms with E-state index >= 15 is 0 Å². The molecule has 1 aromatic carbocycles. The number of hydrogen-bond donors (Lipinski definition) is 2. The van der Waals surface area contributed by atoms with E-state index in [2.05, 4.69) is 28.4 Å². The highest BCUT2D eigenvalue weighted by molar-refractivity contribution is 5.47. The van der Waals surface area contributed by atoms with Gasteiger partial charge in [0.25, 0.3) is 0 Å². The maximum Gasteiger partial charge on any atom is 0.0328 e. The third-order valence-electron chi connectivity index (χ3n) is 5.50. The van der Waals surface area contributed by atoms with Crippen molar-refractivity contribution in [2.24, 2.45) is 0 Å². The van der Waals surface area contributed by atoms with Crippen LogP contribution in [-0.4, -0.2) is 30.1 Å². The van der Waals surface area contributed by atoms with Crippen LogP contribution in [0.4, 0.5) is 5.69 Å². The molecule has 1 aromatic rings. The number of anilines is 1. The van der Waals surface area contributed by atoms with Crippen molar-refractivity contribution in [2.75, 3.05) is 18.8 Å². The number of nitrogens with one attached hydrogen (secondary N) is 1. The van der Waals surface area contributed by atoms with Gasteiger partial charge in [-0.15, -0.1) is 0 Å². The lowest BCUT2D eigenvalue weighted by Crippen LogP contribution is -2.46. The first-order valence-corrected chi connectivity index (χ1v) is 8.18. The molecule has 2 fully saturated rings. The van der Waals surface area contributed by atoms with Gasteiger partial charge in [0, 0.05) is 23.8 Å². The summed E-state index contributed by atoms with van der Waals surface area (Å²) >= 11 is 0. The van der Waals surface area contributed by atoms with E-state index in [0.717, 1.165) is 11.7 Å². The number of nitrogens with zero attached hydrogens (tertiary/aromatic N) is 1. The predicted molar refractivity (Wildman–Crippen MR) is 82.7 cm³/mol. The highest BCUT2D eigenvalue weighted by Gasteiger charge is 2.33. The third-order valence-corrected chi connectivity index (χ3v) is 5.50. The molecule has 3 aliphatic rings. The Morgan fingerprint density at radius 3 is 3.05 bits per heavy atom. The standard InChI is InChI=1S/C17H25N3/c18-13-4-5-16-12(10-13)3-6-17(16)19-14-7-9-20-8-1-2-15(20)11-14/h4-5,10,14-15,17,19H,1-3,6-9,11,18H2. The second kappa shape index (κ2) is 5.05. The number of aryl methyl sites for hydroxylation is 1. The number of nitrogens with two attached hydrogens (primary N) is 1. The van der Waals surface area contributed by atoms with Crippen LogP contribution in [0.3, 0.4) is 0 Å². The van der Waals surface area contributed by atoms with Crippen molar-refractivity contribution < 1.29 is 0 Å². The molecular formula is C17H25N3. The Labute approximate surface area is 121 Å². The molecule has 3 heteroatoms. The van der Waals surface area contributed by atoms with Crippen molar-refractivity contribution in [2.45, 2.75) is 56.7 Å². The zero-order chi connectivity index (χ0) is 13.5. The Balaban J connectivity index is 1.43. The minimum atomic E-state index is 0.559. The predicted octanol–water partition coefficient (Wildman–Crippen LogP) is 2.47. The monoisotopic (exact) mass is 271 g/mol. The van der Waals surface area contributed by atoms with E-state index in [1.54, 1.807) is 0 Å². The average molecular weight is 271 g/mol. The van der Waals surface area contributed by atoms with Crippen molar-refractivity contribution >= 4 is 5.69 Å². The first kappa shape index (κ1) is 12.7. The Kier molecular flexibility index (Phi) is 3.20. The van der Waals surface area contributed by atoms with Gasteiger partial charge in [-0.1, -0.05) is 6.07 Å². The van der Waals surface area contributed by atoms with E-state index in [-0.39, 0.29) is 0 Å². The minimum Gasteiger partial charge on any atom is -0.399 e. The van der Waals surface area contributed by atoms with Crippen LogP contribution in [0.2, 0.25) is 0 Å². The summed E-state index contributed by atoms with van der Waals surface area (Å²) in [4.78, 5) is 2.70. The van der Waals surface area contributed by atoms with Gasteiger partial charge in [-0.2, -0.15) is 0 Å².